The Kier molecular flexibility index (Phi) is 3.71. The Balaban J connectivity index is 1.87. The summed E-state index contributed by atoms with van der Waals surface area (Å²) in [6.07, 6.45) is 0. The summed E-state index contributed by atoms with van der Waals surface area (Å²) >= 11 is 3.52. The molecule has 0 amide bonds. The number of ether oxygens (including phenoxy) is 3. The quantitative estimate of drug-likeness (QED) is 0.898. The second-order valence-corrected chi connectivity index (χ2v) is 5.49. The summed E-state index contributed by atoms with van der Waals surface area (Å²) in [5.41, 5.74) is 7.05. The Labute approximate surface area is 125 Å². The number of rotatable bonds is 4. The van der Waals surface area contributed by atoms with Gasteiger partial charge in [-0.1, -0.05) is 0 Å². The average molecular weight is 342 g/mol. The fraction of sp³-hybridized carbons (Fsp3) is 0.462. The van der Waals surface area contributed by atoms with Crippen LogP contribution >= 0.6 is 15.9 Å². The van der Waals surface area contributed by atoms with Gasteiger partial charge in [0.1, 0.15) is 0 Å². The van der Waals surface area contributed by atoms with E-state index in [1.807, 2.05) is 17.0 Å². The van der Waals surface area contributed by atoms with Crippen LogP contribution in [-0.2, 0) is 4.74 Å². The van der Waals surface area contributed by atoms with Crippen molar-refractivity contribution in [1.29, 1.82) is 0 Å². The Bertz CT molecular complexity index is 550. The highest BCUT2D eigenvalue weighted by Crippen LogP contribution is 2.42. The van der Waals surface area contributed by atoms with Gasteiger partial charge >= 0.3 is 0 Å². The minimum atomic E-state index is 0.107. The van der Waals surface area contributed by atoms with Gasteiger partial charge in [-0.15, -0.1) is 0 Å². The van der Waals surface area contributed by atoms with E-state index in [0.29, 0.717) is 25.7 Å². The van der Waals surface area contributed by atoms with Crippen molar-refractivity contribution in [3.8, 4) is 11.5 Å². The topological polar surface area (TPSA) is 69.3 Å². The molecular weight excluding hydrogens is 326 g/mol. The molecular formula is C13H16BrN3O3. The molecule has 3 rings (SSSR count). The van der Waals surface area contributed by atoms with Gasteiger partial charge in [0, 0.05) is 13.7 Å². The zero-order valence-corrected chi connectivity index (χ0v) is 12.7. The highest BCUT2D eigenvalue weighted by Gasteiger charge is 2.29. The van der Waals surface area contributed by atoms with Crippen LogP contribution in [0.4, 0.5) is 0 Å². The molecule has 1 unspecified atom stereocenters. The summed E-state index contributed by atoms with van der Waals surface area (Å²) in [5.74, 6) is 2.07. The second-order valence-electron chi connectivity index (χ2n) is 4.64. The smallest absolute Gasteiger partial charge is 0.231 e. The van der Waals surface area contributed by atoms with Gasteiger partial charge in [-0.3, -0.25) is 4.99 Å². The Hall–Kier alpha value is -1.47. The Morgan fingerprint density at radius 3 is 3.15 bits per heavy atom. The van der Waals surface area contributed by atoms with Crippen LogP contribution in [0.3, 0.4) is 0 Å². The third-order valence-corrected chi connectivity index (χ3v) is 4.06. The van der Waals surface area contributed by atoms with Crippen LogP contribution in [-0.4, -0.2) is 44.5 Å². The van der Waals surface area contributed by atoms with Gasteiger partial charge in [-0.25, -0.2) is 0 Å². The molecule has 0 fully saturated rings. The molecule has 2 aliphatic rings. The highest BCUT2D eigenvalue weighted by atomic mass is 79.9. The summed E-state index contributed by atoms with van der Waals surface area (Å²) in [5, 5.41) is 0. The van der Waals surface area contributed by atoms with Crippen LogP contribution in [0.25, 0.3) is 0 Å². The number of fused-ring (bicyclic) bond motifs is 1. The standard InChI is InChI=1S/C13H16BrN3O3/c1-18-3-2-17-10(6-16-13(17)15)8-4-9(14)12-11(5-8)19-7-20-12/h4-5,10H,2-3,6-7H2,1H3,(H2,15,16). The van der Waals surface area contributed by atoms with Gasteiger partial charge in [-0.05, 0) is 33.6 Å². The van der Waals surface area contributed by atoms with E-state index in [0.717, 1.165) is 21.5 Å². The van der Waals surface area contributed by atoms with Crippen molar-refractivity contribution >= 4 is 21.9 Å². The van der Waals surface area contributed by atoms with E-state index >= 15 is 0 Å². The number of methoxy groups -OCH3 is 1. The minimum Gasteiger partial charge on any atom is -0.454 e. The van der Waals surface area contributed by atoms with Gasteiger partial charge in [-0.2, -0.15) is 0 Å². The molecule has 0 spiro atoms. The lowest BCUT2D eigenvalue weighted by Crippen LogP contribution is -2.38. The molecule has 2 heterocycles. The molecule has 2 aliphatic heterocycles. The van der Waals surface area contributed by atoms with Crippen LogP contribution in [0.15, 0.2) is 21.6 Å². The van der Waals surface area contributed by atoms with E-state index in [1.54, 1.807) is 7.11 Å². The van der Waals surface area contributed by atoms with Crippen molar-refractivity contribution in [3.05, 3.63) is 22.2 Å². The zero-order valence-electron chi connectivity index (χ0n) is 11.1. The second kappa shape index (κ2) is 5.49. The molecule has 0 aliphatic carbocycles. The molecule has 0 aromatic heterocycles. The maximum absolute atomic E-state index is 5.95. The Morgan fingerprint density at radius 1 is 1.50 bits per heavy atom. The molecule has 6 nitrogen and oxygen atoms in total. The van der Waals surface area contributed by atoms with Crippen LogP contribution in [0, 0.1) is 0 Å². The number of hydrogen-bond donors (Lipinski definition) is 1. The third-order valence-electron chi connectivity index (χ3n) is 3.47. The normalized spacial score (nSPS) is 20.4. The van der Waals surface area contributed by atoms with Crippen LogP contribution in [0.2, 0.25) is 0 Å². The highest BCUT2D eigenvalue weighted by molar-refractivity contribution is 9.10. The van der Waals surface area contributed by atoms with Gasteiger partial charge in [0.25, 0.3) is 0 Å². The number of hydrogen-bond acceptors (Lipinski definition) is 6. The number of halogens is 1. The van der Waals surface area contributed by atoms with E-state index in [1.165, 1.54) is 0 Å². The zero-order chi connectivity index (χ0) is 14.1. The molecule has 7 heteroatoms. The molecule has 0 saturated carbocycles. The fourth-order valence-corrected chi connectivity index (χ4v) is 3.03. The van der Waals surface area contributed by atoms with Crippen LogP contribution in [0.5, 0.6) is 11.5 Å². The fourth-order valence-electron chi connectivity index (χ4n) is 2.45. The van der Waals surface area contributed by atoms with Crippen LogP contribution in [0.1, 0.15) is 11.6 Å². The van der Waals surface area contributed by atoms with Gasteiger partial charge < -0.3 is 24.8 Å². The van der Waals surface area contributed by atoms with Crippen molar-refractivity contribution in [2.24, 2.45) is 10.7 Å². The van der Waals surface area contributed by atoms with Gasteiger partial charge in [0.15, 0.2) is 17.5 Å². The molecule has 0 saturated heterocycles. The summed E-state index contributed by atoms with van der Waals surface area (Å²) in [4.78, 5) is 6.38. The first-order valence-electron chi connectivity index (χ1n) is 6.35. The molecule has 108 valence electrons. The maximum Gasteiger partial charge on any atom is 0.231 e. The van der Waals surface area contributed by atoms with E-state index < -0.39 is 0 Å². The number of benzene rings is 1. The maximum atomic E-state index is 5.95. The monoisotopic (exact) mass is 341 g/mol. The van der Waals surface area contributed by atoms with Gasteiger partial charge in [0.2, 0.25) is 6.79 Å². The number of guanidine groups is 1. The van der Waals surface area contributed by atoms with Crippen molar-refractivity contribution in [1.82, 2.24) is 4.90 Å². The molecule has 1 aromatic rings. The lowest BCUT2D eigenvalue weighted by atomic mass is 10.1. The first-order chi connectivity index (χ1) is 9.70. The molecule has 1 aromatic carbocycles. The molecule has 20 heavy (non-hydrogen) atoms. The lowest BCUT2D eigenvalue weighted by molar-refractivity contribution is 0.166. The molecule has 1 atom stereocenters. The third kappa shape index (κ3) is 2.31. The number of aliphatic imine (C=N–C) groups is 1. The molecule has 2 N–H and O–H groups in total. The van der Waals surface area contributed by atoms with E-state index in [4.69, 9.17) is 19.9 Å². The van der Waals surface area contributed by atoms with Crippen molar-refractivity contribution in [2.45, 2.75) is 6.04 Å². The summed E-state index contributed by atoms with van der Waals surface area (Å²) in [6.45, 7) is 2.22. The summed E-state index contributed by atoms with van der Waals surface area (Å²) in [7, 11) is 1.68. The predicted octanol–water partition coefficient (Wildman–Crippen LogP) is 1.50. The first kappa shape index (κ1) is 13.5. The van der Waals surface area contributed by atoms with E-state index in [2.05, 4.69) is 20.9 Å². The summed E-state index contributed by atoms with van der Waals surface area (Å²) < 4.78 is 16.9. The minimum absolute atomic E-state index is 0.107. The SMILES string of the molecule is COCCN1C(N)=NCC1c1cc(Br)c2c(c1)OCO2. The molecule has 0 bridgehead atoms. The number of nitrogens with zero attached hydrogens (tertiary/aromatic N) is 2. The van der Waals surface area contributed by atoms with Crippen molar-refractivity contribution in [2.75, 3.05) is 33.6 Å². The van der Waals surface area contributed by atoms with E-state index in [-0.39, 0.29) is 12.8 Å². The van der Waals surface area contributed by atoms with Crippen LogP contribution < -0.4 is 15.2 Å². The molecule has 0 radical (unpaired) electrons. The average Bonchev–Trinajstić information content (AvgIpc) is 3.03. The lowest BCUT2D eigenvalue weighted by Gasteiger charge is -2.26. The Morgan fingerprint density at radius 2 is 2.35 bits per heavy atom. The largest absolute Gasteiger partial charge is 0.454 e. The first-order valence-corrected chi connectivity index (χ1v) is 7.14. The van der Waals surface area contributed by atoms with E-state index in [9.17, 15) is 0 Å². The predicted molar refractivity (Wildman–Crippen MR) is 78.1 cm³/mol. The van der Waals surface area contributed by atoms with Crippen molar-refractivity contribution in [3.63, 3.8) is 0 Å². The van der Waals surface area contributed by atoms with Crippen molar-refractivity contribution < 1.29 is 14.2 Å². The summed E-state index contributed by atoms with van der Waals surface area (Å²) in [6, 6.07) is 4.13. The number of nitrogens with two attached hydrogens (primary N) is 1. The van der Waals surface area contributed by atoms with Gasteiger partial charge in [0.05, 0.1) is 23.7 Å².